The Morgan fingerprint density at radius 2 is 1.56 bits per heavy atom. The Balaban J connectivity index is 0.000000330. The highest BCUT2D eigenvalue weighted by atomic mass is 16.6. The van der Waals surface area contributed by atoms with Crippen LogP contribution in [-0.2, 0) is 37.0 Å². The summed E-state index contributed by atoms with van der Waals surface area (Å²) in [4.78, 5) is 23.8. The van der Waals surface area contributed by atoms with Gasteiger partial charge < -0.3 is 19.9 Å². The lowest BCUT2D eigenvalue weighted by molar-refractivity contribution is -0.171. The highest BCUT2D eigenvalue weighted by Gasteiger charge is 2.46. The molecule has 2 aliphatic heterocycles. The Labute approximate surface area is 162 Å². The Morgan fingerprint density at radius 1 is 1.07 bits per heavy atom. The summed E-state index contributed by atoms with van der Waals surface area (Å²) in [6, 6.07) is 8.45. The monoisotopic (exact) mass is 379 g/mol. The first kappa shape index (κ1) is 23.1. The van der Waals surface area contributed by atoms with E-state index in [0.29, 0.717) is 12.3 Å². The van der Waals surface area contributed by atoms with Gasteiger partial charge in [0.05, 0.1) is 20.3 Å². The van der Waals surface area contributed by atoms with Gasteiger partial charge in [-0.3, -0.25) is 0 Å². The molecule has 6 nitrogen and oxygen atoms in total. The topological polar surface area (TPSA) is 87.9 Å². The van der Waals surface area contributed by atoms with Crippen molar-refractivity contribution in [1.82, 2.24) is 0 Å². The molecule has 2 aliphatic rings. The van der Waals surface area contributed by atoms with Crippen LogP contribution >= 0.6 is 0 Å². The number of hydrogen-bond acceptors (Lipinski definition) is 6. The first-order valence-corrected chi connectivity index (χ1v) is 9.24. The summed E-state index contributed by atoms with van der Waals surface area (Å²) >= 11 is 0. The van der Waals surface area contributed by atoms with Crippen LogP contribution in [0.3, 0.4) is 0 Å². The van der Waals surface area contributed by atoms with Gasteiger partial charge in [0.2, 0.25) is 5.54 Å². The Bertz CT molecular complexity index is 595. The van der Waals surface area contributed by atoms with Crippen LogP contribution in [0.4, 0.5) is 0 Å². The maximum atomic E-state index is 12.0. The number of hydrogen-bond donors (Lipinski definition) is 1. The molecule has 1 unspecified atom stereocenters. The molecular formula is C21H33NO5. The number of esters is 2. The molecular weight excluding hydrogens is 346 g/mol. The molecule has 2 N–H and O–H groups in total. The predicted molar refractivity (Wildman–Crippen MR) is 104 cm³/mol. The van der Waals surface area contributed by atoms with Crippen LogP contribution in [0.15, 0.2) is 24.3 Å². The van der Waals surface area contributed by atoms with Crippen LogP contribution in [0.25, 0.3) is 0 Å². The van der Waals surface area contributed by atoms with E-state index in [4.69, 9.17) is 15.2 Å². The molecule has 0 fully saturated rings. The van der Waals surface area contributed by atoms with Gasteiger partial charge in [-0.1, -0.05) is 38.1 Å². The summed E-state index contributed by atoms with van der Waals surface area (Å²) in [6.45, 7) is 10.7. The first-order chi connectivity index (χ1) is 12.5. The molecule has 0 amide bonds. The minimum absolute atomic E-state index is 0.215. The molecule has 0 saturated carbocycles. The second kappa shape index (κ2) is 9.85. The number of carbonyl (C=O) groups excluding carboxylic acids is 2. The molecule has 1 aromatic carbocycles. The fourth-order valence-electron chi connectivity index (χ4n) is 2.37. The SMILES string of the molecule is COC(=O)C(N)(CCC(C)C)C(=O)OC(C)(C)C.c1cc2ccc1COC2. The predicted octanol–water partition coefficient (Wildman–Crippen LogP) is 3.35. The number of rotatable bonds is 5. The number of methoxy groups -OCH3 is 1. The Morgan fingerprint density at radius 3 is 1.93 bits per heavy atom. The molecule has 0 saturated heterocycles. The van der Waals surface area contributed by atoms with Crippen LogP contribution < -0.4 is 5.73 Å². The van der Waals surface area contributed by atoms with E-state index in [2.05, 4.69) is 29.0 Å². The van der Waals surface area contributed by atoms with Crippen molar-refractivity contribution in [2.45, 2.75) is 71.8 Å². The van der Waals surface area contributed by atoms with E-state index >= 15 is 0 Å². The van der Waals surface area contributed by atoms with Gasteiger partial charge in [0.25, 0.3) is 0 Å². The summed E-state index contributed by atoms with van der Waals surface area (Å²) in [6.07, 6.45) is 0.858. The second-order valence-corrected chi connectivity index (χ2v) is 8.21. The second-order valence-electron chi connectivity index (χ2n) is 8.21. The molecule has 2 bridgehead atoms. The maximum Gasteiger partial charge on any atom is 0.338 e. The lowest BCUT2D eigenvalue weighted by Gasteiger charge is -2.29. The standard InChI is InChI=1S/C13H25NO4.C8H8O/c1-9(2)7-8-13(14,10(15)17-6)11(16)18-12(3,4)5;1-2-8-4-3-7(1)5-9-6-8/h9H,7-8,14H2,1-6H3;1-4H,5-6H2. The van der Waals surface area contributed by atoms with Crippen molar-refractivity contribution >= 4 is 11.9 Å². The van der Waals surface area contributed by atoms with Gasteiger partial charge in [-0.2, -0.15) is 0 Å². The van der Waals surface area contributed by atoms with Gasteiger partial charge in [-0.15, -0.1) is 0 Å². The van der Waals surface area contributed by atoms with E-state index in [-0.39, 0.29) is 6.42 Å². The van der Waals surface area contributed by atoms with Crippen molar-refractivity contribution < 1.29 is 23.8 Å². The first-order valence-electron chi connectivity index (χ1n) is 9.24. The van der Waals surface area contributed by atoms with Crippen molar-refractivity contribution in [3.05, 3.63) is 35.4 Å². The number of fused-ring (bicyclic) bond motifs is 4. The Hall–Kier alpha value is -1.92. The third-order valence-electron chi connectivity index (χ3n) is 3.99. The molecule has 6 heteroatoms. The molecule has 1 atom stereocenters. The van der Waals surface area contributed by atoms with Gasteiger partial charge in [-0.05, 0) is 50.7 Å². The molecule has 3 rings (SSSR count). The van der Waals surface area contributed by atoms with Crippen molar-refractivity contribution in [1.29, 1.82) is 0 Å². The van der Waals surface area contributed by atoms with Crippen molar-refractivity contribution in [3.63, 3.8) is 0 Å². The van der Waals surface area contributed by atoms with E-state index in [1.54, 1.807) is 20.8 Å². The average molecular weight is 379 g/mol. The molecule has 0 aromatic heterocycles. The zero-order chi connectivity index (χ0) is 20.7. The molecule has 0 spiro atoms. The van der Waals surface area contributed by atoms with Gasteiger partial charge in [0.15, 0.2) is 0 Å². The lowest BCUT2D eigenvalue weighted by atomic mass is 9.91. The summed E-state index contributed by atoms with van der Waals surface area (Å²) in [5, 5.41) is 0. The Kier molecular flexibility index (Phi) is 8.44. The summed E-state index contributed by atoms with van der Waals surface area (Å²) in [7, 11) is 1.21. The molecule has 2 heterocycles. The molecule has 152 valence electrons. The lowest BCUT2D eigenvalue weighted by Crippen LogP contribution is -2.57. The summed E-state index contributed by atoms with van der Waals surface area (Å²) in [5.41, 5.74) is 6.05. The largest absolute Gasteiger partial charge is 0.467 e. The highest BCUT2D eigenvalue weighted by Crippen LogP contribution is 2.21. The van der Waals surface area contributed by atoms with Gasteiger partial charge in [-0.25, -0.2) is 9.59 Å². The van der Waals surface area contributed by atoms with Gasteiger partial charge >= 0.3 is 11.9 Å². The van der Waals surface area contributed by atoms with Crippen LogP contribution in [0.2, 0.25) is 0 Å². The van der Waals surface area contributed by atoms with Crippen molar-refractivity contribution in [2.75, 3.05) is 7.11 Å². The van der Waals surface area contributed by atoms with Gasteiger partial charge in [0.1, 0.15) is 5.60 Å². The molecule has 0 aliphatic carbocycles. The average Bonchev–Trinajstić information content (AvgIpc) is 2.95. The highest BCUT2D eigenvalue weighted by molar-refractivity contribution is 6.04. The molecule has 1 aromatic rings. The van der Waals surface area contributed by atoms with E-state index in [1.165, 1.54) is 18.2 Å². The van der Waals surface area contributed by atoms with E-state index < -0.39 is 23.1 Å². The normalized spacial score (nSPS) is 15.3. The fraction of sp³-hybridized carbons (Fsp3) is 0.619. The van der Waals surface area contributed by atoms with Crippen molar-refractivity contribution in [3.8, 4) is 0 Å². The third-order valence-corrected chi connectivity index (χ3v) is 3.99. The minimum Gasteiger partial charge on any atom is -0.467 e. The third kappa shape index (κ3) is 7.69. The maximum absolute atomic E-state index is 12.0. The van der Waals surface area contributed by atoms with Gasteiger partial charge in [0, 0.05) is 0 Å². The van der Waals surface area contributed by atoms with E-state index in [9.17, 15) is 9.59 Å². The van der Waals surface area contributed by atoms with Crippen LogP contribution in [0.5, 0.6) is 0 Å². The van der Waals surface area contributed by atoms with Crippen LogP contribution in [0.1, 0.15) is 58.6 Å². The number of nitrogens with two attached hydrogens (primary N) is 1. The number of carbonyl (C=O) groups is 2. The van der Waals surface area contributed by atoms with Crippen LogP contribution in [0, 0.1) is 5.92 Å². The fourth-order valence-corrected chi connectivity index (χ4v) is 2.37. The summed E-state index contributed by atoms with van der Waals surface area (Å²) in [5.74, 6) is -1.15. The quantitative estimate of drug-likeness (QED) is 0.623. The smallest absolute Gasteiger partial charge is 0.338 e. The van der Waals surface area contributed by atoms with E-state index in [1.807, 2.05) is 13.8 Å². The minimum atomic E-state index is -1.72. The number of ether oxygens (including phenoxy) is 3. The molecule has 27 heavy (non-hydrogen) atoms. The van der Waals surface area contributed by atoms with Crippen molar-refractivity contribution in [2.24, 2.45) is 11.7 Å². The molecule has 0 radical (unpaired) electrons. The number of benzene rings is 1. The zero-order valence-electron chi connectivity index (χ0n) is 17.3. The zero-order valence-corrected chi connectivity index (χ0v) is 17.3. The summed E-state index contributed by atoms with van der Waals surface area (Å²) < 4.78 is 15.1. The van der Waals surface area contributed by atoms with Crippen LogP contribution in [-0.4, -0.2) is 30.2 Å². The van der Waals surface area contributed by atoms with E-state index in [0.717, 1.165) is 13.2 Å².